The second-order valence-corrected chi connectivity index (χ2v) is 4.09. The minimum atomic E-state index is -1.17. The van der Waals surface area contributed by atoms with E-state index in [9.17, 15) is 14.0 Å². The van der Waals surface area contributed by atoms with Gasteiger partial charge in [-0.2, -0.15) is 0 Å². The second-order valence-electron chi connectivity index (χ2n) is 4.09. The van der Waals surface area contributed by atoms with Crippen LogP contribution in [0.15, 0.2) is 18.2 Å². The molecule has 6 heteroatoms. The molecule has 104 valence electrons. The molecule has 0 unspecified atom stereocenters. The summed E-state index contributed by atoms with van der Waals surface area (Å²) in [6.07, 6.45) is 2.89. The van der Waals surface area contributed by atoms with E-state index < -0.39 is 17.8 Å². The van der Waals surface area contributed by atoms with E-state index in [0.717, 1.165) is 37.5 Å². The molecule has 19 heavy (non-hydrogen) atoms. The molecule has 0 aliphatic carbocycles. The third-order valence-electron chi connectivity index (χ3n) is 2.53. The van der Waals surface area contributed by atoms with E-state index >= 15 is 0 Å². The Hall–Kier alpha value is -2.11. The van der Waals surface area contributed by atoms with Gasteiger partial charge < -0.3 is 15.7 Å². The van der Waals surface area contributed by atoms with E-state index in [4.69, 9.17) is 5.11 Å². The van der Waals surface area contributed by atoms with Crippen LogP contribution in [0.3, 0.4) is 0 Å². The van der Waals surface area contributed by atoms with Gasteiger partial charge in [0, 0.05) is 6.54 Å². The molecule has 5 nitrogen and oxygen atoms in total. The summed E-state index contributed by atoms with van der Waals surface area (Å²) < 4.78 is 13.4. The van der Waals surface area contributed by atoms with E-state index in [1.54, 1.807) is 0 Å². The van der Waals surface area contributed by atoms with E-state index in [2.05, 4.69) is 10.6 Å². The number of carbonyl (C=O) groups excluding carboxylic acids is 1. The van der Waals surface area contributed by atoms with Crippen molar-refractivity contribution in [2.24, 2.45) is 0 Å². The molecule has 1 rings (SSSR count). The van der Waals surface area contributed by atoms with Crippen LogP contribution in [0.4, 0.5) is 14.9 Å². The average Bonchev–Trinajstić information content (AvgIpc) is 2.37. The number of amides is 2. The summed E-state index contributed by atoms with van der Waals surface area (Å²) in [5.41, 5.74) is -0.226. The summed E-state index contributed by atoms with van der Waals surface area (Å²) in [7, 11) is 0. The smallest absolute Gasteiger partial charge is 0.335 e. The molecular weight excluding hydrogens is 251 g/mol. The number of anilines is 1. The number of hydrogen-bond donors (Lipinski definition) is 3. The molecule has 1 aromatic rings. The SMILES string of the molecule is CCCCCNC(=O)Nc1cc(C(=O)O)ccc1F. The number of aromatic carboxylic acids is 1. The van der Waals surface area contributed by atoms with Crippen LogP contribution >= 0.6 is 0 Å². The fraction of sp³-hybridized carbons (Fsp3) is 0.385. The molecule has 1 aromatic carbocycles. The Bertz CT molecular complexity index is 463. The highest BCUT2D eigenvalue weighted by Crippen LogP contribution is 2.16. The lowest BCUT2D eigenvalue weighted by Gasteiger charge is -2.08. The predicted octanol–water partition coefficient (Wildman–Crippen LogP) is 2.84. The van der Waals surface area contributed by atoms with Crippen LogP contribution < -0.4 is 10.6 Å². The van der Waals surface area contributed by atoms with Gasteiger partial charge in [-0.05, 0) is 24.6 Å². The highest BCUT2D eigenvalue weighted by Gasteiger charge is 2.10. The number of benzene rings is 1. The molecule has 2 amide bonds. The average molecular weight is 268 g/mol. The summed E-state index contributed by atoms with van der Waals surface area (Å²) in [5.74, 6) is -1.85. The van der Waals surface area contributed by atoms with Crippen molar-refractivity contribution in [2.75, 3.05) is 11.9 Å². The number of nitrogens with one attached hydrogen (secondary N) is 2. The van der Waals surface area contributed by atoms with Gasteiger partial charge in [-0.1, -0.05) is 19.8 Å². The zero-order chi connectivity index (χ0) is 14.3. The Labute approximate surface area is 110 Å². The molecule has 0 aliphatic rings. The molecule has 0 saturated carbocycles. The minimum Gasteiger partial charge on any atom is -0.478 e. The van der Waals surface area contributed by atoms with E-state index in [-0.39, 0.29) is 11.3 Å². The number of carboxylic acids is 1. The Morgan fingerprint density at radius 1 is 1.32 bits per heavy atom. The van der Waals surface area contributed by atoms with Crippen molar-refractivity contribution >= 4 is 17.7 Å². The van der Waals surface area contributed by atoms with Crippen molar-refractivity contribution in [1.29, 1.82) is 0 Å². The number of unbranched alkanes of at least 4 members (excludes halogenated alkanes) is 2. The maximum Gasteiger partial charge on any atom is 0.335 e. The number of carboxylic acid groups (broad SMARTS) is 1. The molecule has 0 aliphatic heterocycles. The predicted molar refractivity (Wildman–Crippen MR) is 69.9 cm³/mol. The summed E-state index contributed by atoms with van der Waals surface area (Å²) in [6.45, 7) is 2.55. The zero-order valence-electron chi connectivity index (χ0n) is 10.7. The van der Waals surface area contributed by atoms with Crippen LogP contribution in [-0.2, 0) is 0 Å². The van der Waals surface area contributed by atoms with Crippen LogP contribution in [0.2, 0.25) is 0 Å². The highest BCUT2D eigenvalue weighted by atomic mass is 19.1. The van der Waals surface area contributed by atoms with Gasteiger partial charge in [-0.25, -0.2) is 14.0 Å². The van der Waals surface area contributed by atoms with Crippen LogP contribution in [0.5, 0.6) is 0 Å². The molecule has 0 radical (unpaired) electrons. The Morgan fingerprint density at radius 3 is 2.68 bits per heavy atom. The quantitative estimate of drug-likeness (QED) is 0.694. The lowest BCUT2D eigenvalue weighted by atomic mass is 10.2. The maximum absolute atomic E-state index is 13.4. The first kappa shape index (κ1) is 14.9. The first-order chi connectivity index (χ1) is 9.04. The number of hydrogen-bond acceptors (Lipinski definition) is 2. The molecule has 0 saturated heterocycles. The van der Waals surface area contributed by atoms with E-state index in [1.807, 2.05) is 6.92 Å². The molecule has 3 N–H and O–H groups in total. The topological polar surface area (TPSA) is 78.4 Å². The third-order valence-corrected chi connectivity index (χ3v) is 2.53. The number of carbonyl (C=O) groups is 2. The molecule has 0 spiro atoms. The van der Waals surface area contributed by atoms with Gasteiger partial charge in [0.25, 0.3) is 0 Å². The second kappa shape index (κ2) is 7.35. The van der Waals surface area contributed by atoms with E-state index in [1.165, 1.54) is 0 Å². The monoisotopic (exact) mass is 268 g/mol. The Kier molecular flexibility index (Phi) is 5.78. The van der Waals surface area contributed by atoms with Gasteiger partial charge in [0.15, 0.2) is 0 Å². The molecule has 0 fully saturated rings. The highest BCUT2D eigenvalue weighted by molar-refractivity contribution is 5.93. The maximum atomic E-state index is 13.4. The standard InChI is InChI=1S/C13H17FN2O3/c1-2-3-4-7-15-13(19)16-11-8-9(12(17)18)5-6-10(11)14/h5-6,8H,2-4,7H2,1H3,(H,17,18)(H2,15,16,19). The van der Waals surface area contributed by atoms with Gasteiger partial charge in [-0.15, -0.1) is 0 Å². The van der Waals surface area contributed by atoms with Crippen LogP contribution in [0, 0.1) is 5.82 Å². The number of urea groups is 1. The fourth-order valence-corrected chi connectivity index (χ4v) is 1.50. The van der Waals surface area contributed by atoms with Crippen LogP contribution in [-0.4, -0.2) is 23.7 Å². The fourth-order valence-electron chi connectivity index (χ4n) is 1.50. The van der Waals surface area contributed by atoms with Gasteiger partial charge in [0.05, 0.1) is 11.3 Å². The summed E-state index contributed by atoms with van der Waals surface area (Å²) in [4.78, 5) is 22.2. The minimum absolute atomic E-state index is 0.0808. The van der Waals surface area contributed by atoms with Crippen molar-refractivity contribution in [2.45, 2.75) is 26.2 Å². The van der Waals surface area contributed by atoms with Crippen molar-refractivity contribution < 1.29 is 19.1 Å². The normalized spacial score (nSPS) is 10.0. The Morgan fingerprint density at radius 2 is 2.05 bits per heavy atom. The van der Waals surface area contributed by atoms with Crippen LogP contribution in [0.25, 0.3) is 0 Å². The van der Waals surface area contributed by atoms with Crippen molar-refractivity contribution in [3.8, 4) is 0 Å². The Balaban J connectivity index is 2.58. The molecular formula is C13H17FN2O3. The first-order valence-electron chi connectivity index (χ1n) is 6.12. The van der Waals surface area contributed by atoms with Crippen molar-refractivity contribution in [1.82, 2.24) is 5.32 Å². The number of rotatable bonds is 6. The molecule has 0 atom stereocenters. The largest absolute Gasteiger partial charge is 0.478 e. The van der Waals surface area contributed by atoms with Crippen LogP contribution in [0.1, 0.15) is 36.5 Å². The molecule has 0 heterocycles. The number of halogens is 1. The lowest BCUT2D eigenvalue weighted by Crippen LogP contribution is -2.29. The molecule has 0 aromatic heterocycles. The zero-order valence-corrected chi connectivity index (χ0v) is 10.7. The van der Waals surface area contributed by atoms with Gasteiger partial charge in [-0.3, -0.25) is 0 Å². The lowest BCUT2D eigenvalue weighted by molar-refractivity contribution is 0.0697. The summed E-state index contributed by atoms with van der Waals surface area (Å²) >= 11 is 0. The van der Waals surface area contributed by atoms with Crippen molar-refractivity contribution in [3.05, 3.63) is 29.6 Å². The van der Waals surface area contributed by atoms with E-state index in [0.29, 0.717) is 6.54 Å². The summed E-state index contributed by atoms with van der Waals surface area (Å²) in [6, 6.07) is 2.69. The van der Waals surface area contributed by atoms with Gasteiger partial charge >= 0.3 is 12.0 Å². The van der Waals surface area contributed by atoms with Gasteiger partial charge in [0.1, 0.15) is 5.82 Å². The summed E-state index contributed by atoms with van der Waals surface area (Å²) in [5, 5.41) is 13.7. The first-order valence-corrected chi connectivity index (χ1v) is 6.12. The third kappa shape index (κ3) is 4.95. The van der Waals surface area contributed by atoms with Crippen molar-refractivity contribution in [3.63, 3.8) is 0 Å². The van der Waals surface area contributed by atoms with Gasteiger partial charge in [0.2, 0.25) is 0 Å². The molecule has 0 bridgehead atoms.